The minimum Gasteiger partial charge on any atom is -0.399 e. The van der Waals surface area contributed by atoms with E-state index >= 15 is 0 Å². The van der Waals surface area contributed by atoms with Gasteiger partial charge >= 0.3 is 0 Å². The highest BCUT2D eigenvalue weighted by atomic mass is 35.5. The zero-order chi connectivity index (χ0) is 15.0. The number of halogens is 1. The number of nitrogen functional groups attached to an aromatic ring is 1. The fourth-order valence-electron chi connectivity index (χ4n) is 2.71. The van der Waals surface area contributed by atoms with Crippen molar-refractivity contribution < 1.29 is 0 Å². The first-order chi connectivity index (χ1) is 10.2. The molecule has 0 fully saturated rings. The third-order valence-corrected chi connectivity index (χ3v) is 3.87. The summed E-state index contributed by atoms with van der Waals surface area (Å²) in [6, 6.07) is 15.6. The number of fused-ring (bicyclic) bond motifs is 1. The molecule has 3 aromatic rings. The lowest BCUT2D eigenvalue weighted by atomic mass is 10.1. The normalized spacial score (nSPS) is 10.7. The zero-order valence-electron chi connectivity index (χ0n) is 11.6. The van der Waals surface area contributed by atoms with E-state index in [2.05, 4.69) is 17.6 Å². The third kappa shape index (κ3) is 2.14. The quantitative estimate of drug-likeness (QED) is 0.711. The van der Waals surface area contributed by atoms with Crippen LogP contribution in [-0.4, -0.2) is 4.57 Å². The summed E-state index contributed by atoms with van der Waals surface area (Å²) in [5.74, 6) is 0. The number of aryl methyl sites for hydroxylation is 1. The van der Waals surface area contributed by atoms with E-state index in [1.165, 1.54) is 0 Å². The molecule has 3 nitrogen and oxygen atoms in total. The second-order valence-electron chi connectivity index (χ2n) is 4.86. The molecule has 0 aliphatic heterocycles. The second-order valence-corrected chi connectivity index (χ2v) is 5.30. The van der Waals surface area contributed by atoms with Crippen LogP contribution in [0.3, 0.4) is 0 Å². The van der Waals surface area contributed by atoms with E-state index in [-0.39, 0.29) is 0 Å². The summed E-state index contributed by atoms with van der Waals surface area (Å²) in [6.45, 7) is 2.84. The summed E-state index contributed by atoms with van der Waals surface area (Å²) in [7, 11) is 0. The van der Waals surface area contributed by atoms with Crippen LogP contribution in [0.15, 0.2) is 42.5 Å². The highest BCUT2D eigenvalue weighted by Gasteiger charge is 2.17. The maximum absolute atomic E-state index is 9.60. The van der Waals surface area contributed by atoms with Gasteiger partial charge in [0.15, 0.2) is 0 Å². The fourth-order valence-corrected chi connectivity index (χ4v) is 2.88. The van der Waals surface area contributed by atoms with Gasteiger partial charge < -0.3 is 10.3 Å². The van der Waals surface area contributed by atoms with E-state index in [4.69, 9.17) is 17.3 Å². The number of hydrogen-bond acceptors (Lipinski definition) is 2. The molecule has 2 N–H and O–H groups in total. The molecule has 21 heavy (non-hydrogen) atoms. The van der Waals surface area contributed by atoms with Gasteiger partial charge in [-0.1, -0.05) is 23.7 Å². The Morgan fingerprint density at radius 1 is 1.19 bits per heavy atom. The topological polar surface area (TPSA) is 54.7 Å². The Bertz CT molecular complexity index is 854. The Hall–Kier alpha value is -2.44. The van der Waals surface area contributed by atoms with Gasteiger partial charge in [0.25, 0.3) is 0 Å². The lowest BCUT2D eigenvalue weighted by Gasteiger charge is -2.08. The maximum Gasteiger partial charge on any atom is 0.102 e. The van der Waals surface area contributed by atoms with Crippen LogP contribution in [-0.2, 0) is 6.54 Å². The van der Waals surface area contributed by atoms with Crippen LogP contribution >= 0.6 is 11.6 Å². The molecule has 0 bridgehead atoms. The molecule has 0 spiro atoms. The number of aromatic nitrogens is 1. The summed E-state index contributed by atoms with van der Waals surface area (Å²) in [4.78, 5) is 0. The molecule has 0 saturated heterocycles. The van der Waals surface area contributed by atoms with E-state index in [9.17, 15) is 5.26 Å². The van der Waals surface area contributed by atoms with Crippen molar-refractivity contribution >= 4 is 28.2 Å². The summed E-state index contributed by atoms with van der Waals surface area (Å²) >= 11 is 6.08. The summed E-state index contributed by atoms with van der Waals surface area (Å²) in [6.07, 6.45) is 0. The van der Waals surface area contributed by atoms with Crippen molar-refractivity contribution in [2.45, 2.75) is 13.5 Å². The molecule has 0 aliphatic rings. The second kappa shape index (κ2) is 5.16. The van der Waals surface area contributed by atoms with Gasteiger partial charge in [-0.15, -0.1) is 0 Å². The molecule has 1 heterocycles. The molecule has 0 radical (unpaired) electrons. The molecule has 0 amide bonds. The summed E-state index contributed by atoms with van der Waals surface area (Å²) in [5, 5.41) is 11.1. The van der Waals surface area contributed by atoms with Crippen LogP contribution in [0.1, 0.15) is 12.5 Å². The first kappa shape index (κ1) is 13.5. The summed E-state index contributed by atoms with van der Waals surface area (Å²) in [5.41, 5.74) is 10.0. The number of nitriles is 1. The molecular weight excluding hydrogens is 282 g/mol. The van der Waals surface area contributed by atoms with E-state index < -0.39 is 0 Å². The molecule has 0 unspecified atom stereocenters. The van der Waals surface area contributed by atoms with E-state index in [0.29, 0.717) is 16.3 Å². The van der Waals surface area contributed by atoms with E-state index in [0.717, 1.165) is 28.7 Å². The van der Waals surface area contributed by atoms with E-state index in [1.807, 2.05) is 42.5 Å². The van der Waals surface area contributed by atoms with Crippen LogP contribution in [0, 0.1) is 11.3 Å². The van der Waals surface area contributed by atoms with Crippen LogP contribution < -0.4 is 5.73 Å². The molecule has 4 heteroatoms. The lowest BCUT2D eigenvalue weighted by molar-refractivity contribution is 0.804. The van der Waals surface area contributed by atoms with Crippen LogP contribution in [0.4, 0.5) is 5.69 Å². The number of hydrogen-bond donors (Lipinski definition) is 1. The SMILES string of the molecule is CCn1c(-c2ccc(N)cc2)c(C#N)c2cc(Cl)ccc21. The fraction of sp³-hybridized carbons (Fsp3) is 0.118. The molecule has 2 aromatic carbocycles. The zero-order valence-corrected chi connectivity index (χ0v) is 12.4. The van der Waals surface area contributed by atoms with Crippen molar-refractivity contribution in [1.29, 1.82) is 5.26 Å². The van der Waals surface area contributed by atoms with Crippen molar-refractivity contribution in [3.63, 3.8) is 0 Å². The van der Waals surface area contributed by atoms with Gasteiger partial charge in [0.2, 0.25) is 0 Å². The Balaban J connectivity index is 2.40. The molecule has 104 valence electrons. The van der Waals surface area contributed by atoms with Crippen molar-refractivity contribution in [3.05, 3.63) is 53.1 Å². The lowest BCUT2D eigenvalue weighted by Crippen LogP contribution is -1.97. The molecule has 0 atom stereocenters. The van der Waals surface area contributed by atoms with Gasteiger partial charge in [-0.2, -0.15) is 5.26 Å². The average molecular weight is 296 g/mol. The molecule has 3 rings (SSSR count). The Morgan fingerprint density at radius 3 is 2.52 bits per heavy atom. The molecule has 1 aromatic heterocycles. The number of anilines is 1. The number of nitrogens with two attached hydrogens (primary N) is 1. The first-order valence-electron chi connectivity index (χ1n) is 6.73. The number of nitrogens with zero attached hydrogens (tertiary/aromatic N) is 2. The van der Waals surface area contributed by atoms with Crippen molar-refractivity contribution in [1.82, 2.24) is 4.57 Å². The number of rotatable bonds is 2. The van der Waals surface area contributed by atoms with Gasteiger partial charge in [0.05, 0.1) is 11.3 Å². The monoisotopic (exact) mass is 295 g/mol. The van der Waals surface area contributed by atoms with Gasteiger partial charge in [-0.05, 0) is 42.8 Å². The van der Waals surface area contributed by atoms with Crippen LogP contribution in [0.5, 0.6) is 0 Å². The Morgan fingerprint density at radius 2 is 1.90 bits per heavy atom. The van der Waals surface area contributed by atoms with E-state index in [1.54, 1.807) is 0 Å². The Labute approximate surface area is 128 Å². The number of benzene rings is 2. The molecular formula is C17H14ClN3. The predicted molar refractivity (Wildman–Crippen MR) is 87.2 cm³/mol. The highest BCUT2D eigenvalue weighted by Crippen LogP contribution is 2.35. The van der Waals surface area contributed by atoms with Crippen molar-refractivity contribution in [3.8, 4) is 17.3 Å². The summed E-state index contributed by atoms with van der Waals surface area (Å²) < 4.78 is 2.13. The first-order valence-corrected chi connectivity index (χ1v) is 7.11. The predicted octanol–water partition coefficient (Wildman–Crippen LogP) is 4.44. The maximum atomic E-state index is 9.60. The van der Waals surface area contributed by atoms with Gasteiger partial charge in [0, 0.05) is 28.2 Å². The van der Waals surface area contributed by atoms with Gasteiger partial charge in [-0.3, -0.25) is 0 Å². The Kier molecular flexibility index (Phi) is 3.32. The largest absolute Gasteiger partial charge is 0.399 e. The van der Waals surface area contributed by atoms with Gasteiger partial charge in [0.1, 0.15) is 6.07 Å². The standard InChI is InChI=1S/C17H14ClN3/c1-2-21-16-8-5-12(18)9-14(16)15(10-19)17(21)11-3-6-13(20)7-4-11/h3-9H,2,20H2,1H3. The minimum atomic E-state index is 0.635. The molecule has 0 aliphatic carbocycles. The average Bonchev–Trinajstić information content (AvgIpc) is 2.80. The highest BCUT2D eigenvalue weighted by molar-refractivity contribution is 6.31. The van der Waals surface area contributed by atoms with Crippen LogP contribution in [0.25, 0.3) is 22.2 Å². The van der Waals surface area contributed by atoms with Crippen LogP contribution in [0.2, 0.25) is 5.02 Å². The smallest absolute Gasteiger partial charge is 0.102 e. The van der Waals surface area contributed by atoms with Crippen molar-refractivity contribution in [2.75, 3.05) is 5.73 Å². The minimum absolute atomic E-state index is 0.635. The third-order valence-electron chi connectivity index (χ3n) is 3.64. The molecule has 0 saturated carbocycles. The van der Waals surface area contributed by atoms with Crippen molar-refractivity contribution in [2.24, 2.45) is 0 Å². The van der Waals surface area contributed by atoms with Gasteiger partial charge in [-0.25, -0.2) is 0 Å².